The van der Waals surface area contributed by atoms with Crippen molar-refractivity contribution in [1.82, 2.24) is 10.2 Å². The van der Waals surface area contributed by atoms with Gasteiger partial charge in [0.1, 0.15) is 0 Å². The summed E-state index contributed by atoms with van der Waals surface area (Å²) in [5.41, 5.74) is 2.04. The molecule has 1 aromatic rings. The first-order chi connectivity index (χ1) is 8.77. The van der Waals surface area contributed by atoms with Crippen LogP contribution in [0.15, 0.2) is 28.7 Å². The molecule has 2 aliphatic rings. The average molecular weight is 309 g/mol. The lowest BCUT2D eigenvalue weighted by molar-refractivity contribution is 0.194. The van der Waals surface area contributed by atoms with E-state index in [-0.39, 0.29) is 0 Å². The van der Waals surface area contributed by atoms with Crippen LogP contribution in [0.5, 0.6) is 0 Å². The number of rotatable bonds is 2. The van der Waals surface area contributed by atoms with Crippen LogP contribution in [0.1, 0.15) is 24.8 Å². The maximum Gasteiger partial charge on any atom is 0.0245 e. The van der Waals surface area contributed by atoms with Crippen molar-refractivity contribution in [2.45, 2.75) is 25.8 Å². The topological polar surface area (TPSA) is 15.3 Å². The predicted molar refractivity (Wildman–Crippen MR) is 78.6 cm³/mol. The Labute approximate surface area is 118 Å². The highest BCUT2D eigenvalue weighted by atomic mass is 79.9. The molecule has 1 spiro atoms. The quantitative estimate of drug-likeness (QED) is 0.903. The Morgan fingerprint density at radius 3 is 2.72 bits per heavy atom. The van der Waals surface area contributed by atoms with Crippen molar-refractivity contribution in [2.24, 2.45) is 5.41 Å². The lowest BCUT2D eigenvalue weighted by Crippen LogP contribution is -2.38. The molecule has 0 saturated carbocycles. The van der Waals surface area contributed by atoms with E-state index in [4.69, 9.17) is 0 Å². The van der Waals surface area contributed by atoms with E-state index >= 15 is 0 Å². The standard InChI is InChI=1S/C15H21BrN2/c16-14-4-2-1-3-13(14)11-18-10-7-15(12-18)5-8-17-9-6-15/h1-4,17H,5-12H2. The number of nitrogens with zero attached hydrogens (tertiary/aromatic N) is 1. The lowest BCUT2D eigenvalue weighted by Gasteiger charge is -2.34. The van der Waals surface area contributed by atoms with Gasteiger partial charge in [-0.3, -0.25) is 4.90 Å². The molecule has 18 heavy (non-hydrogen) atoms. The Morgan fingerprint density at radius 2 is 1.94 bits per heavy atom. The molecule has 3 rings (SSSR count). The fourth-order valence-corrected chi connectivity index (χ4v) is 3.81. The Kier molecular flexibility index (Phi) is 3.73. The molecule has 2 heterocycles. The number of nitrogens with one attached hydrogen (secondary N) is 1. The van der Waals surface area contributed by atoms with Crippen LogP contribution in [0.2, 0.25) is 0 Å². The first kappa shape index (κ1) is 12.6. The number of likely N-dealkylation sites (tertiary alicyclic amines) is 1. The highest BCUT2D eigenvalue weighted by Gasteiger charge is 2.38. The van der Waals surface area contributed by atoms with Crippen molar-refractivity contribution < 1.29 is 0 Å². The molecule has 2 nitrogen and oxygen atoms in total. The molecule has 0 unspecified atom stereocenters. The third-order valence-electron chi connectivity index (χ3n) is 4.53. The van der Waals surface area contributed by atoms with E-state index in [1.807, 2.05) is 0 Å². The van der Waals surface area contributed by atoms with Gasteiger partial charge in [-0.2, -0.15) is 0 Å². The molecule has 0 bridgehead atoms. The second-order valence-electron chi connectivity index (χ2n) is 5.80. The molecule has 0 atom stereocenters. The van der Waals surface area contributed by atoms with Gasteiger partial charge in [-0.25, -0.2) is 0 Å². The van der Waals surface area contributed by atoms with Crippen LogP contribution in [0.3, 0.4) is 0 Å². The van der Waals surface area contributed by atoms with Gasteiger partial charge in [-0.05, 0) is 55.9 Å². The molecule has 1 aromatic carbocycles. The van der Waals surface area contributed by atoms with Crippen LogP contribution < -0.4 is 5.32 Å². The number of hydrogen-bond donors (Lipinski definition) is 1. The summed E-state index contributed by atoms with van der Waals surface area (Å²) in [6, 6.07) is 8.60. The molecule has 1 N–H and O–H groups in total. The van der Waals surface area contributed by atoms with E-state index in [9.17, 15) is 0 Å². The minimum atomic E-state index is 0.618. The van der Waals surface area contributed by atoms with Gasteiger partial charge in [0.05, 0.1) is 0 Å². The Bertz CT molecular complexity index is 413. The zero-order valence-corrected chi connectivity index (χ0v) is 12.4. The van der Waals surface area contributed by atoms with Gasteiger partial charge in [0, 0.05) is 17.6 Å². The number of halogens is 1. The van der Waals surface area contributed by atoms with E-state index in [1.165, 1.54) is 55.5 Å². The second kappa shape index (κ2) is 5.32. The summed E-state index contributed by atoms with van der Waals surface area (Å²) in [4.78, 5) is 2.63. The van der Waals surface area contributed by atoms with Crippen LogP contribution in [-0.4, -0.2) is 31.1 Å². The highest BCUT2D eigenvalue weighted by molar-refractivity contribution is 9.10. The van der Waals surface area contributed by atoms with Crippen LogP contribution >= 0.6 is 15.9 Å². The SMILES string of the molecule is Brc1ccccc1CN1CCC2(CCNCC2)C1. The van der Waals surface area contributed by atoms with E-state index < -0.39 is 0 Å². The number of hydrogen-bond acceptors (Lipinski definition) is 2. The minimum Gasteiger partial charge on any atom is -0.317 e. The van der Waals surface area contributed by atoms with Crippen LogP contribution in [-0.2, 0) is 6.54 Å². The van der Waals surface area contributed by atoms with Gasteiger partial charge in [-0.1, -0.05) is 34.1 Å². The minimum absolute atomic E-state index is 0.618. The molecular weight excluding hydrogens is 288 g/mol. The van der Waals surface area contributed by atoms with Gasteiger partial charge >= 0.3 is 0 Å². The first-order valence-electron chi connectivity index (χ1n) is 6.94. The third kappa shape index (κ3) is 2.63. The highest BCUT2D eigenvalue weighted by Crippen LogP contribution is 2.39. The van der Waals surface area contributed by atoms with Gasteiger partial charge in [0.2, 0.25) is 0 Å². The van der Waals surface area contributed by atoms with E-state index in [1.54, 1.807) is 0 Å². The van der Waals surface area contributed by atoms with Crippen molar-refractivity contribution in [3.05, 3.63) is 34.3 Å². The third-order valence-corrected chi connectivity index (χ3v) is 5.31. The van der Waals surface area contributed by atoms with Crippen molar-refractivity contribution in [3.8, 4) is 0 Å². The van der Waals surface area contributed by atoms with Crippen LogP contribution in [0.4, 0.5) is 0 Å². The van der Waals surface area contributed by atoms with Crippen LogP contribution in [0, 0.1) is 5.41 Å². The van der Waals surface area contributed by atoms with Crippen LogP contribution in [0.25, 0.3) is 0 Å². The molecule has 3 heteroatoms. The molecule has 2 saturated heterocycles. The Morgan fingerprint density at radius 1 is 1.17 bits per heavy atom. The summed E-state index contributed by atoms with van der Waals surface area (Å²) >= 11 is 3.65. The lowest BCUT2D eigenvalue weighted by atomic mass is 9.78. The molecule has 0 aromatic heterocycles. The summed E-state index contributed by atoms with van der Waals surface area (Å²) in [5.74, 6) is 0. The normalized spacial score (nSPS) is 23.6. The maximum atomic E-state index is 3.65. The zero-order valence-electron chi connectivity index (χ0n) is 10.8. The van der Waals surface area contributed by atoms with Crippen molar-refractivity contribution in [2.75, 3.05) is 26.2 Å². The summed E-state index contributed by atoms with van der Waals surface area (Å²) in [7, 11) is 0. The van der Waals surface area contributed by atoms with Gasteiger partial charge in [0.25, 0.3) is 0 Å². The average Bonchev–Trinajstić information content (AvgIpc) is 2.76. The van der Waals surface area contributed by atoms with Crippen molar-refractivity contribution in [1.29, 1.82) is 0 Å². The maximum absolute atomic E-state index is 3.65. The fourth-order valence-electron chi connectivity index (χ4n) is 3.40. The molecule has 2 aliphatic heterocycles. The van der Waals surface area contributed by atoms with Gasteiger partial charge in [-0.15, -0.1) is 0 Å². The Hall–Kier alpha value is -0.380. The zero-order chi connectivity index (χ0) is 12.4. The van der Waals surface area contributed by atoms with Gasteiger partial charge in [0.15, 0.2) is 0 Å². The second-order valence-corrected chi connectivity index (χ2v) is 6.66. The monoisotopic (exact) mass is 308 g/mol. The fraction of sp³-hybridized carbons (Fsp3) is 0.600. The van der Waals surface area contributed by atoms with E-state index in [2.05, 4.69) is 50.4 Å². The summed E-state index contributed by atoms with van der Waals surface area (Å²) in [6.07, 6.45) is 4.11. The predicted octanol–water partition coefficient (Wildman–Crippen LogP) is 3.02. The summed E-state index contributed by atoms with van der Waals surface area (Å²) in [5, 5.41) is 3.48. The number of benzene rings is 1. The van der Waals surface area contributed by atoms with Gasteiger partial charge < -0.3 is 5.32 Å². The molecule has 0 aliphatic carbocycles. The molecule has 0 radical (unpaired) electrons. The molecule has 0 amide bonds. The van der Waals surface area contributed by atoms with Crippen molar-refractivity contribution in [3.63, 3.8) is 0 Å². The number of piperidine rings is 1. The Balaban J connectivity index is 1.64. The smallest absolute Gasteiger partial charge is 0.0245 e. The molecule has 2 fully saturated rings. The molecular formula is C15H21BrN2. The van der Waals surface area contributed by atoms with E-state index in [0.29, 0.717) is 5.41 Å². The summed E-state index contributed by atoms with van der Waals surface area (Å²) < 4.78 is 1.25. The van der Waals surface area contributed by atoms with E-state index in [0.717, 1.165) is 6.54 Å². The largest absolute Gasteiger partial charge is 0.317 e. The first-order valence-corrected chi connectivity index (χ1v) is 7.73. The molecule has 98 valence electrons. The van der Waals surface area contributed by atoms with Crippen molar-refractivity contribution >= 4 is 15.9 Å². The summed E-state index contributed by atoms with van der Waals surface area (Å²) in [6.45, 7) is 6.07.